The minimum absolute atomic E-state index is 0.123. The van der Waals surface area contributed by atoms with Crippen molar-refractivity contribution < 1.29 is 9.59 Å². The summed E-state index contributed by atoms with van der Waals surface area (Å²) in [5, 5.41) is 14.3. The average molecular weight is 290 g/mol. The number of aromatic nitrogens is 2. The van der Waals surface area contributed by atoms with E-state index in [-0.39, 0.29) is 18.2 Å². The van der Waals surface area contributed by atoms with E-state index in [0.29, 0.717) is 10.8 Å². The number of amides is 2. The van der Waals surface area contributed by atoms with Gasteiger partial charge in [-0.25, -0.2) is 0 Å². The molecule has 0 unspecified atom stereocenters. The van der Waals surface area contributed by atoms with E-state index in [1.807, 2.05) is 6.92 Å². The maximum Gasteiger partial charge on any atom is 0.230 e. The van der Waals surface area contributed by atoms with Crippen LogP contribution in [-0.2, 0) is 16.0 Å². The number of nitrogens with one attached hydrogen (secondary N) is 2. The number of hydrogen-bond donors (Lipinski definition) is 2. The van der Waals surface area contributed by atoms with Crippen LogP contribution >= 0.6 is 11.3 Å². The molecule has 0 aliphatic rings. The highest BCUT2D eigenvalue weighted by Crippen LogP contribution is 2.15. The molecule has 0 fully saturated rings. The van der Waals surface area contributed by atoms with Crippen LogP contribution in [0.4, 0.5) is 10.8 Å². The number of benzene rings is 1. The van der Waals surface area contributed by atoms with E-state index < -0.39 is 0 Å². The maximum atomic E-state index is 11.8. The fourth-order valence-corrected chi connectivity index (χ4v) is 2.21. The van der Waals surface area contributed by atoms with Crippen LogP contribution in [0.1, 0.15) is 17.5 Å². The first-order valence-corrected chi connectivity index (χ1v) is 6.81. The van der Waals surface area contributed by atoms with Crippen LogP contribution in [0, 0.1) is 6.92 Å². The Balaban J connectivity index is 1.92. The highest BCUT2D eigenvalue weighted by Gasteiger charge is 2.07. The molecule has 0 atom stereocenters. The Hall–Kier alpha value is -2.28. The van der Waals surface area contributed by atoms with Crippen molar-refractivity contribution >= 4 is 34.0 Å². The molecule has 6 nitrogen and oxygen atoms in total. The van der Waals surface area contributed by atoms with Crippen LogP contribution in [0.15, 0.2) is 24.3 Å². The van der Waals surface area contributed by atoms with Gasteiger partial charge in [-0.3, -0.25) is 9.59 Å². The molecule has 0 spiro atoms. The van der Waals surface area contributed by atoms with Crippen molar-refractivity contribution in [3.63, 3.8) is 0 Å². The van der Waals surface area contributed by atoms with E-state index in [2.05, 4.69) is 20.8 Å². The van der Waals surface area contributed by atoms with Crippen molar-refractivity contribution in [1.82, 2.24) is 10.2 Å². The van der Waals surface area contributed by atoms with Gasteiger partial charge in [0.25, 0.3) is 0 Å². The minimum atomic E-state index is -0.145. The molecule has 1 heterocycles. The van der Waals surface area contributed by atoms with Crippen molar-refractivity contribution in [2.24, 2.45) is 0 Å². The number of aryl methyl sites for hydroxylation is 1. The van der Waals surface area contributed by atoms with Gasteiger partial charge in [0.05, 0.1) is 6.42 Å². The summed E-state index contributed by atoms with van der Waals surface area (Å²) in [6.07, 6.45) is 0.249. The predicted molar refractivity (Wildman–Crippen MR) is 77.7 cm³/mol. The molecule has 20 heavy (non-hydrogen) atoms. The van der Waals surface area contributed by atoms with Gasteiger partial charge in [-0.05, 0) is 24.6 Å². The Kier molecular flexibility index (Phi) is 4.41. The normalized spacial score (nSPS) is 10.1. The summed E-state index contributed by atoms with van der Waals surface area (Å²) in [6, 6.07) is 7.13. The third kappa shape index (κ3) is 4.13. The second-order valence-corrected chi connectivity index (χ2v) is 5.41. The summed E-state index contributed by atoms with van der Waals surface area (Å²) < 4.78 is 0. The first-order valence-electron chi connectivity index (χ1n) is 5.99. The summed E-state index contributed by atoms with van der Waals surface area (Å²) in [5.74, 6) is -0.268. The topological polar surface area (TPSA) is 84.0 Å². The zero-order valence-electron chi connectivity index (χ0n) is 11.1. The standard InChI is InChI=1S/C13H14N4O2S/c1-8(18)14-11-5-3-10(4-6-11)7-12(19)15-13-17-16-9(2)20-13/h3-6H,7H2,1-2H3,(H,14,18)(H,15,17,19). The van der Waals surface area contributed by atoms with E-state index in [1.54, 1.807) is 24.3 Å². The van der Waals surface area contributed by atoms with Crippen LogP contribution in [0.25, 0.3) is 0 Å². The second kappa shape index (κ2) is 6.25. The lowest BCUT2D eigenvalue weighted by molar-refractivity contribution is -0.116. The summed E-state index contributed by atoms with van der Waals surface area (Å²) in [6.45, 7) is 3.28. The van der Waals surface area contributed by atoms with E-state index >= 15 is 0 Å². The Morgan fingerprint density at radius 3 is 2.40 bits per heavy atom. The largest absolute Gasteiger partial charge is 0.326 e. The van der Waals surface area contributed by atoms with Crippen LogP contribution < -0.4 is 10.6 Å². The molecule has 0 saturated heterocycles. The lowest BCUT2D eigenvalue weighted by Crippen LogP contribution is -2.14. The monoisotopic (exact) mass is 290 g/mol. The molecule has 0 aliphatic heterocycles. The van der Waals surface area contributed by atoms with Gasteiger partial charge in [0, 0.05) is 12.6 Å². The molecule has 2 N–H and O–H groups in total. The van der Waals surface area contributed by atoms with Crippen molar-refractivity contribution in [3.8, 4) is 0 Å². The molecule has 1 aromatic carbocycles. The van der Waals surface area contributed by atoms with Crippen LogP contribution in [0.2, 0.25) is 0 Å². The lowest BCUT2D eigenvalue weighted by Gasteiger charge is -2.04. The molecule has 2 rings (SSSR count). The third-order valence-electron chi connectivity index (χ3n) is 2.41. The molecule has 2 aromatic rings. The van der Waals surface area contributed by atoms with Crippen molar-refractivity contribution in [3.05, 3.63) is 34.8 Å². The lowest BCUT2D eigenvalue weighted by atomic mass is 10.1. The fraction of sp³-hybridized carbons (Fsp3) is 0.231. The molecule has 0 saturated carbocycles. The maximum absolute atomic E-state index is 11.8. The van der Waals surface area contributed by atoms with Gasteiger partial charge in [-0.2, -0.15) is 0 Å². The summed E-state index contributed by atoms with van der Waals surface area (Å²) in [5.41, 5.74) is 1.57. The van der Waals surface area contributed by atoms with Crippen molar-refractivity contribution in [2.75, 3.05) is 10.6 Å². The van der Waals surface area contributed by atoms with E-state index in [1.165, 1.54) is 18.3 Å². The molecular formula is C13H14N4O2S. The Labute approximate surface area is 120 Å². The Morgan fingerprint density at radius 1 is 1.15 bits per heavy atom. The van der Waals surface area contributed by atoms with Gasteiger partial charge in [0.2, 0.25) is 16.9 Å². The molecular weight excluding hydrogens is 276 g/mol. The molecule has 104 valence electrons. The number of hydrogen-bond acceptors (Lipinski definition) is 5. The second-order valence-electron chi connectivity index (χ2n) is 4.23. The van der Waals surface area contributed by atoms with Gasteiger partial charge in [0.15, 0.2) is 0 Å². The molecule has 7 heteroatoms. The quantitative estimate of drug-likeness (QED) is 0.902. The summed E-state index contributed by atoms with van der Waals surface area (Å²) >= 11 is 1.33. The fourth-order valence-electron chi connectivity index (χ4n) is 1.61. The average Bonchev–Trinajstić information content (AvgIpc) is 2.76. The smallest absolute Gasteiger partial charge is 0.230 e. The number of carbonyl (C=O) groups is 2. The highest BCUT2D eigenvalue weighted by atomic mass is 32.1. The van der Waals surface area contributed by atoms with Gasteiger partial charge in [-0.15, -0.1) is 10.2 Å². The number of rotatable bonds is 4. The van der Waals surface area contributed by atoms with Gasteiger partial charge in [0.1, 0.15) is 5.01 Å². The van der Waals surface area contributed by atoms with Gasteiger partial charge < -0.3 is 10.6 Å². The number of carbonyl (C=O) groups excluding carboxylic acids is 2. The predicted octanol–water partition coefficient (Wildman–Crippen LogP) is 1.99. The Bertz CT molecular complexity index is 622. The zero-order valence-corrected chi connectivity index (χ0v) is 12.0. The minimum Gasteiger partial charge on any atom is -0.326 e. The van der Waals surface area contributed by atoms with Crippen molar-refractivity contribution in [1.29, 1.82) is 0 Å². The molecule has 0 radical (unpaired) electrons. The molecule has 0 bridgehead atoms. The zero-order chi connectivity index (χ0) is 14.5. The van der Waals surface area contributed by atoms with E-state index in [0.717, 1.165) is 10.6 Å². The third-order valence-corrected chi connectivity index (χ3v) is 3.17. The highest BCUT2D eigenvalue weighted by molar-refractivity contribution is 7.15. The van der Waals surface area contributed by atoms with E-state index in [9.17, 15) is 9.59 Å². The summed E-state index contributed by atoms with van der Waals surface area (Å²) in [4.78, 5) is 22.7. The van der Waals surface area contributed by atoms with Crippen LogP contribution in [-0.4, -0.2) is 22.0 Å². The first-order chi connectivity index (χ1) is 9.52. The van der Waals surface area contributed by atoms with Gasteiger partial charge >= 0.3 is 0 Å². The SMILES string of the molecule is CC(=O)Nc1ccc(CC(=O)Nc2nnc(C)s2)cc1. The van der Waals surface area contributed by atoms with Crippen molar-refractivity contribution in [2.45, 2.75) is 20.3 Å². The van der Waals surface area contributed by atoms with Crippen LogP contribution in [0.3, 0.4) is 0 Å². The molecule has 0 aliphatic carbocycles. The molecule has 2 amide bonds. The first kappa shape index (κ1) is 14.1. The number of nitrogens with zero attached hydrogens (tertiary/aromatic N) is 2. The van der Waals surface area contributed by atoms with Gasteiger partial charge in [-0.1, -0.05) is 23.5 Å². The Morgan fingerprint density at radius 2 is 1.85 bits per heavy atom. The van der Waals surface area contributed by atoms with Crippen LogP contribution in [0.5, 0.6) is 0 Å². The summed E-state index contributed by atoms with van der Waals surface area (Å²) in [7, 11) is 0. The van der Waals surface area contributed by atoms with E-state index in [4.69, 9.17) is 0 Å². The molecule has 1 aromatic heterocycles. The number of anilines is 2.